The summed E-state index contributed by atoms with van der Waals surface area (Å²) in [6.07, 6.45) is 0.587. The van der Waals surface area contributed by atoms with E-state index in [9.17, 15) is 4.79 Å². The van der Waals surface area contributed by atoms with Crippen LogP contribution in [0.4, 0.5) is 0 Å². The van der Waals surface area contributed by atoms with Crippen molar-refractivity contribution in [3.63, 3.8) is 0 Å². The van der Waals surface area contributed by atoms with Gasteiger partial charge >= 0.3 is 0 Å². The van der Waals surface area contributed by atoms with Gasteiger partial charge in [0, 0.05) is 19.7 Å². The van der Waals surface area contributed by atoms with Gasteiger partial charge in [-0.1, -0.05) is 23.7 Å². The number of carbonyl (C=O) groups is 1. The van der Waals surface area contributed by atoms with Gasteiger partial charge in [0.1, 0.15) is 0 Å². The summed E-state index contributed by atoms with van der Waals surface area (Å²) >= 11 is 5.96. The van der Waals surface area contributed by atoms with Crippen LogP contribution < -0.4 is 0 Å². The second-order valence-electron chi connectivity index (χ2n) is 3.44. The zero-order valence-corrected chi connectivity index (χ0v) is 10.1. The Morgan fingerprint density at radius 1 is 1.44 bits per heavy atom. The minimum Gasteiger partial charge on any atom is -0.396 e. The molecular weight excluding hydrogens is 226 g/mol. The van der Waals surface area contributed by atoms with E-state index in [4.69, 9.17) is 16.7 Å². The van der Waals surface area contributed by atoms with Crippen LogP contribution in [0.5, 0.6) is 0 Å². The first-order valence-electron chi connectivity index (χ1n) is 5.35. The minimum absolute atomic E-state index is 0.0819. The van der Waals surface area contributed by atoms with Crippen molar-refractivity contribution in [2.24, 2.45) is 0 Å². The van der Waals surface area contributed by atoms with E-state index in [-0.39, 0.29) is 12.5 Å². The first-order valence-corrected chi connectivity index (χ1v) is 5.73. The third-order valence-corrected chi connectivity index (χ3v) is 2.69. The number of carbonyl (C=O) groups excluding carboxylic acids is 1. The van der Waals surface area contributed by atoms with Gasteiger partial charge in [-0.3, -0.25) is 4.79 Å². The van der Waals surface area contributed by atoms with Gasteiger partial charge in [-0.05, 0) is 25.5 Å². The van der Waals surface area contributed by atoms with Gasteiger partial charge in [-0.25, -0.2) is 0 Å². The van der Waals surface area contributed by atoms with Gasteiger partial charge in [0.15, 0.2) is 0 Å². The highest BCUT2D eigenvalue weighted by atomic mass is 35.5. The molecule has 0 aromatic heterocycles. The summed E-state index contributed by atoms with van der Waals surface area (Å²) in [4.78, 5) is 13.7. The van der Waals surface area contributed by atoms with Crippen LogP contribution in [0.2, 0.25) is 5.02 Å². The van der Waals surface area contributed by atoms with Gasteiger partial charge in [0.25, 0.3) is 5.91 Å². The minimum atomic E-state index is -0.0819. The fraction of sp³-hybridized carbons (Fsp3) is 0.417. The normalized spacial score (nSPS) is 10.2. The quantitative estimate of drug-likeness (QED) is 0.859. The van der Waals surface area contributed by atoms with E-state index in [0.717, 1.165) is 0 Å². The molecule has 0 atom stereocenters. The van der Waals surface area contributed by atoms with Crippen molar-refractivity contribution in [1.82, 2.24) is 4.90 Å². The summed E-state index contributed by atoms with van der Waals surface area (Å²) in [5.41, 5.74) is 0.518. The van der Waals surface area contributed by atoms with E-state index in [2.05, 4.69) is 0 Å². The monoisotopic (exact) mass is 241 g/mol. The topological polar surface area (TPSA) is 40.5 Å². The van der Waals surface area contributed by atoms with Crippen molar-refractivity contribution < 1.29 is 9.90 Å². The molecule has 0 bridgehead atoms. The highest BCUT2D eigenvalue weighted by molar-refractivity contribution is 6.33. The molecule has 0 heterocycles. The van der Waals surface area contributed by atoms with E-state index < -0.39 is 0 Å². The number of hydrogen-bond donors (Lipinski definition) is 1. The first-order chi connectivity index (χ1) is 7.70. The fourth-order valence-corrected chi connectivity index (χ4v) is 1.69. The molecule has 0 aliphatic heterocycles. The molecule has 4 heteroatoms. The first kappa shape index (κ1) is 13.0. The van der Waals surface area contributed by atoms with Crippen LogP contribution in [-0.4, -0.2) is 35.6 Å². The van der Waals surface area contributed by atoms with Crippen LogP contribution >= 0.6 is 11.6 Å². The Bertz CT molecular complexity index is 355. The molecule has 0 fully saturated rings. The Morgan fingerprint density at radius 3 is 2.69 bits per heavy atom. The predicted octanol–water partition coefficient (Wildman–Crippen LogP) is 2.18. The molecule has 1 rings (SSSR count). The summed E-state index contributed by atoms with van der Waals surface area (Å²) in [7, 11) is 0. The molecule has 0 saturated carbocycles. The summed E-state index contributed by atoms with van der Waals surface area (Å²) in [6, 6.07) is 7.00. The van der Waals surface area contributed by atoms with Crippen LogP contribution in [0.15, 0.2) is 24.3 Å². The number of nitrogens with zero attached hydrogens (tertiary/aromatic N) is 1. The number of benzene rings is 1. The Kier molecular flexibility index (Phi) is 5.29. The van der Waals surface area contributed by atoms with Crippen LogP contribution in [0, 0.1) is 0 Å². The van der Waals surface area contributed by atoms with Gasteiger partial charge in [0.05, 0.1) is 10.6 Å². The van der Waals surface area contributed by atoms with Crippen molar-refractivity contribution in [1.29, 1.82) is 0 Å². The third kappa shape index (κ3) is 3.22. The largest absolute Gasteiger partial charge is 0.396 e. The Balaban J connectivity index is 2.79. The lowest BCUT2D eigenvalue weighted by atomic mass is 10.2. The molecule has 1 amide bonds. The van der Waals surface area contributed by atoms with Crippen molar-refractivity contribution in [2.75, 3.05) is 19.7 Å². The molecule has 0 aliphatic rings. The Labute approximate surface area is 101 Å². The highest BCUT2D eigenvalue weighted by Gasteiger charge is 2.15. The maximum absolute atomic E-state index is 12.1. The molecule has 0 spiro atoms. The van der Waals surface area contributed by atoms with Gasteiger partial charge in [-0.15, -0.1) is 0 Å². The number of aliphatic hydroxyl groups excluding tert-OH is 1. The summed E-state index contributed by atoms with van der Waals surface area (Å²) in [6.45, 7) is 3.17. The molecule has 1 aromatic carbocycles. The SMILES string of the molecule is CCN(CCCO)C(=O)c1ccccc1Cl. The summed E-state index contributed by atoms with van der Waals surface area (Å²) in [5, 5.41) is 9.22. The second-order valence-corrected chi connectivity index (χ2v) is 3.85. The molecule has 0 radical (unpaired) electrons. The molecule has 0 saturated heterocycles. The Morgan fingerprint density at radius 2 is 2.12 bits per heavy atom. The van der Waals surface area contributed by atoms with Crippen molar-refractivity contribution >= 4 is 17.5 Å². The molecule has 16 heavy (non-hydrogen) atoms. The number of amides is 1. The van der Waals surface area contributed by atoms with Crippen LogP contribution in [-0.2, 0) is 0 Å². The van der Waals surface area contributed by atoms with Gasteiger partial charge < -0.3 is 10.0 Å². The van der Waals surface area contributed by atoms with Crippen LogP contribution in [0.3, 0.4) is 0 Å². The molecule has 0 aliphatic carbocycles. The maximum atomic E-state index is 12.1. The van der Waals surface area contributed by atoms with Crippen LogP contribution in [0.25, 0.3) is 0 Å². The van der Waals surface area contributed by atoms with E-state index in [0.29, 0.717) is 30.1 Å². The summed E-state index contributed by atoms with van der Waals surface area (Å²) < 4.78 is 0. The van der Waals surface area contributed by atoms with E-state index in [1.54, 1.807) is 29.2 Å². The van der Waals surface area contributed by atoms with Gasteiger partial charge in [-0.2, -0.15) is 0 Å². The second kappa shape index (κ2) is 6.51. The average molecular weight is 242 g/mol. The fourth-order valence-electron chi connectivity index (χ4n) is 1.47. The van der Waals surface area contributed by atoms with E-state index >= 15 is 0 Å². The zero-order chi connectivity index (χ0) is 12.0. The molecule has 88 valence electrons. The zero-order valence-electron chi connectivity index (χ0n) is 9.32. The molecule has 1 N–H and O–H groups in total. The lowest BCUT2D eigenvalue weighted by molar-refractivity contribution is 0.0754. The van der Waals surface area contributed by atoms with Crippen LogP contribution in [0.1, 0.15) is 23.7 Å². The standard InChI is InChI=1S/C12H16ClNO2/c1-2-14(8-5-9-15)12(16)10-6-3-4-7-11(10)13/h3-4,6-7,15H,2,5,8-9H2,1H3. The predicted molar refractivity (Wildman–Crippen MR) is 64.7 cm³/mol. The van der Waals surface area contributed by atoms with E-state index in [1.165, 1.54) is 0 Å². The molecule has 1 aromatic rings. The Hall–Kier alpha value is -1.06. The molecule has 0 unspecified atom stereocenters. The number of hydrogen-bond acceptors (Lipinski definition) is 2. The average Bonchev–Trinajstić information content (AvgIpc) is 2.30. The summed E-state index contributed by atoms with van der Waals surface area (Å²) in [5.74, 6) is -0.0819. The van der Waals surface area contributed by atoms with Crippen molar-refractivity contribution in [2.45, 2.75) is 13.3 Å². The number of rotatable bonds is 5. The van der Waals surface area contributed by atoms with Crippen molar-refractivity contribution in [3.05, 3.63) is 34.9 Å². The highest BCUT2D eigenvalue weighted by Crippen LogP contribution is 2.17. The number of halogens is 1. The number of aliphatic hydroxyl groups is 1. The molecule has 3 nitrogen and oxygen atoms in total. The maximum Gasteiger partial charge on any atom is 0.255 e. The van der Waals surface area contributed by atoms with Gasteiger partial charge in [0.2, 0.25) is 0 Å². The van der Waals surface area contributed by atoms with E-state index in [1.807, 2.05) is 6.92 Å². The lowest BCUT2D eigenvalue weighted by Gasteiger charge is -2.20. The molecular formula is C12H16ClNO2. The third-order valence-electron chi connectivity index (χ3n) is 2.36. The lowest BCUT2D eigenvalue weighted by Crippen LogP contribution is -2.32. The smallest absolute Gasteiger partial charge is 0.255 e. The van der Waals surface area contributed by atoms with Crippen molar-refractivity contribution in [3.8, 4) is 0 Å².